The number of hydrogen-bond acceptors (Lipinski definition) is 3. The van der Waals surface area contributed by atoms with Crippen LogP contribution in [-0.2, 0) is 0 Å². The molecule has 0 saturated carbocycles. The summed E-state index contributed by atoms with van der Waals surface area (Å²) in [5.41, 5.74) is 4.65. The number of rotatable bonds is 6. The lowest BCUT2D eigenvalue weighted by Crippen LogP contribution is -2.36. The normalized spacial score (nSPS) is 11.9. The highest BCUT2D eigenvalue weighted by Crippen LogP contribution is 2.27. The van der Waals surface area contributed by atoms with E-state index < -0.39 is 0 Å². The number of likely N-dealkylation sites (N-methyl/N-ethyl adjacent to an activating group) is 1. The molecule has 25 heavy (non-hydrogen) atoms. The molecule has 0 aliphatic carbocycles. The van der Waals surface area contributed by atoms with Crippen molar-refractivity contribution in [2.45, 2.75) is 19.9 Å². The molecule has 0 fully saturated rings. The average molecular weight is 358 g/mol. The highest BCUT2D eigenvalue weighted by Gasteiger charge is 2.18. The molecule has 0 unspecified atom stereocenters. The van der Waals surface area contributed by atoms with Crippen LogP contribution in [0.4, 0.5) is 5.69 Å². The van der Waals surface area contributed by atoms with Crippen molar-refractivity contribution in [3.05, 3.63) is 59.2 Å². The van der Waals surface area contributed by atoms with Crippen LogP contribution in [0.25, 0.3) is 0 Å². The third-order valence-electron chi connectivity index (χ3n) is 4.34. The van der Waals surface area contributed by atoms with E-state index in [1.165, 1.54) is 11.1 Å². The molecule has 4 nitrogen and oxygen atoms in total. The second-order valence-corrected chi connectivity index (χ2v) is 6.76. The minimum absolute atomic E-state index is 0.149. The van der Waals surface area contributed by atoms with Crippen molar-refractivity contribution >= 4 is 23.0 Å². The summed E-state index contributed by atoms with van der Waals surface area (Å²) in [5.74, 6) is 0.885. The Balaban J connectivity index is 2.03. The summed E-state index contributed by atoms with van der Waals surface area (Å²) in [7, 11) is 5.81. The first kappa shape index (κ1) is 19.2. The van der Waals surface area contributed by atoms with E-state index in [2.05, 4.69) is 61.7 Å². The SMILES string of the molecule is COc1ccccc1[C@@H](CNC(=S)Nc1ccc(C)c(C)c1)N(C)C. The number of hydrogen-bond donors (Lipinski definition) is 2. The molecule has 0 heterocycles. The fourth-order valence-electron chi connectivity index (χ4n) is 2.70. The van der Waals surface area contributed by atoms with E-state index in [0.29, 0.717) is 11.7 Å². The van der Waals surface area contributed by atoms with E-state index in [-0.39, 0.29) is 6.04 Å². The molecule has 2 aromatic carbocycles. The number of anilines is 1. The molecule has 0 aromatic heterocycles. The van der Waals surface area contributed by atoms with Gasteiger partial charge in [0.15, 0.2) is 5.11 Å². The minimum Gasteiger partial charge on any atom is -0.496 e. The number of para-hydroxylation sites is 1. The van der Waals surface area contributed by atoms with Gasteiger partial charge in [0.25, 0.3) is 0 Å². The summed E-state index contributed by atoms with van der Waals surface area (Å²) in [5, 5.41) is 7.19. The number of methoxy groups -OCH3 is 1. The predicted molar refractivity (Wildman–Crippen MR) is 110 cm³/mol. The zero-order valence-corrected chi connectivity index (χ0v) is 16.4. The molecule has 0 bridgehead atoms. The standard InChI is InChI=1S/C20H27N3OS/c1-14-10-11-16(12-15(14)2)22-20(25)21-13-18(23(3)4)17-8-6-7-9-19(17)24-5/h6-12,18H,13H2,1-5H3,(H2,21,22,25)/t18-/m1/s1. The molecule has 2 N–H and O–H groups in total. The quantitative estimate of drug-likeness (QED) is 0.767. The maximum absolute atomic E-state index is 5.50. The predicted octanol–water partition coefficient (Wildman–Crippen LogP) is 3.90. The van der Waals surface area contributed by atoms with Crippen LogP contribution < -0.4 is 15.4 Å². The lowest BCUT2D eigenvalue weighted by atomic mass is 10.0. The topological polar surface area (TPSA) is 36.5 Å². The Morgan fingerprint density at radius 3 is 2.48 bits per heavy atom. The van der Waals surface area contributed by atoms with Crippen LogP contribution in [0, 0.1) is 13.8 Å². The van der Waals surface area contributed by atoms with E-state index >= 15 is 0 Å². The zero-order valence-electron chi connectivity index (χ0n) is 15.6. The third kappa shape index (κ3) is 5.18. The summed E-state index contributed by atoms with van der Waals surface area (Å²) in [6, 6.07) is 14.5. The summed E-state index contributed by atoms with van der Waals surface area (Å²) < 4.78 is 5.50. The molecule has 0 aliphatic rings. The Labute approximate surface area is 156 Å². The Morgan fingerprint density at radius 1 is 1.12 bits per heavy atom. The van der Waals surface area contributed by atoms with Crippen molar-refractivity contribution in [1.82, 2.24) is 10.2 Å². The van der Waals surface area contributed by atoms with Gasteiger partial charge in [0.2, 0.25) is 0 Å². The van der Waals surface area contributed by atoms with Gasteiger partial charge in [-0.1, -0.05) is 24.3 Å². The van der Waals surface area contributed by atoms with E-state index in [4.69, 9.17) is 17.0 Å². The molecular weight excluding hydrogens is 330 g/mol. The fourth-order valence-corrected chi connectivity index (χ4v) is 2.90. The molecule has 0 spiro atoms. The van der Waals surface area contributed by atoms with Crippen molar-refractivity contribution in [3.8, 4) is 5.75 Å². The van der Waals surface area contributed by atoms with Crippen molar-refractivity contribution in [1.29, 1.82) is 0 Å². The first-order valence-corrected chi connectivity index (χ1v) is 8.74. The third-order valence-corrected chi connectivity index (χ3v) is 4.59. The molecule has 0 saturated heterocycles. The largest absolute Gasteiger partial charge is 0.496 e. The van der Waals surface area contributed by atoms with Crippen molar-refractivity contribution < 1.29 is 4.74 Å². The molecule has 1 atom stereocenters. The van der Waals surface area contributed by atoms with Crippen molar-refractivity contribution in [2.75, 3.05) is 33.1 Å². The monoisotopic (exact) mass is 357 g/mol. The Kier molecular flexibility index (Phi) is 6.79. The lowest BCUT2D eigenvalue weighted by molar-refractivity contribution is 0.288. The highest BCUT2D eigenvalue weighted by atomic mass is 32.1. The second-order valence-electron chi connectivity index (χ2n) is 6.36. The van der Waals surface area contributed by atoms with Crippen LogP contribution in [0.5, 0.6) is 5.75 Å². The van der Waals surface area contributed by atoms with Gasteiger partial charge in [0.05, 0.1) is 13.2 Å². The Morgan fingerprint density at radius 2 is 1.84 bits per heavy atom. The number of benzene rings is 2. The van der Waals surface area contributed by atoms with Crippen molar-refractivity contribution in [2.24, 2.45) is 0 Å². The van der Waals surface area contributed by atoms with Gasteiger partial charge in [-0.2, -0.15) is 0 Å². The van der Waals surface area contributed by atoms with Crippen LogP contribution in [0.3, 0.4) is 0 Å². The molecule has 2 aromatic rings. The minimum atomic E-state index is 0.149. The van der Waals surface area contributed by atoms with Crippen LogP contribution >= 0.6 is 12.2 Å². The molecule has 2 rings (SSSR count). The highest BCUT2D eigenvalue weighted by molar-refractivity contribution is 7.80. The zero-order chi connectivity index (χ0) is 18.4. The maximum atomic E-state index is 5.50. The van der Waals surface area contributed by atoms with Crippen molar-refractivity contribution in [3.63, 3.8) is 0 Å². The van der Waals surface area contributed by atoms with Gasteiger partial charge in [-0.3, -0.25) is 0 Å². The van der Waals surface area contributed by atoms with E-state index in [1.54, 1.807) is 7.11 Å². The molecule has 134 valence electrons. The molecule has 0 aliphatic heterocycles. The summed E-state index contributed by atoms with van der Waals surface area (Å²) in [4.78, 5) is 2.16. The van der Waals surface area contributed by atoms with Crippen LogP contribution in [0.2, 0.25) is 0 Å². The second kappa shape index (κ2) is 8.83. The first-order valence-electron chi connectivity index (χ1n) is 8.33. The molecular formula is C20H27N3OS. The number of nitrogens with one attached hydrogen (secondary N) is 2. The Hall–Kier alpha value is -2.11. The van der Waals surface area contributed by atoms with Gasteiger partial charge in [-0.15, -0.1) is 0 Å². The Bertz CT molecular complexity index is 731. The molecule has 5 heteroatoms. The first-order chi connectivity index (χ1) is 11.9. The van der Waals surface area contributed by atoms with Gasteiger partial charge in [-0.25, -0.2) is 0 Å². The van der Waals surface area contributed by atoms with Gasteiger partial charge >= 0.3 is 0 Å². The number of ether oxygens (including phenoxy) is 1. The maximum Gasteiger partial charge on any atom is 0.170 e. The molecule has 0 radical (unpaired) electrons. The van der Waals surface area contributed by atoms with Gasteiger partial charge in [-0.05, 0) is 69.5 Å². The van der Waals surface area contributed by atoms with Gasteiger partial charge in [0.1, 0.15) is 5.75 Å². The van der Waals surface area contributed by atoms with E-state index in [1.807, 2.05) is 24.3 Å². The number of nitrogens with zero attached hydrogens (tertiary/aromatic N) is 1. The fraction of sp³-hybridized carbons (Fsp3) is 0.350. The number of thiocarbonyl (C=S) groups is 1. The van der Waals surface area contributed by atoms with Gasteiger partial charge in [0, 0.05) is 17.8 Å². The van der Waals surface area contributed by atoms with Crippen LogP contribution in [0.15, 0.2) is 42.5 Å². The van der Waals surface area contributed by atoms with Crippen LogP contribution in [0.1, 0.15) is 22.7 Å². The summed E-state index contributed by atoms with van der Waals surface area (Å²) in [6.07, 6.45) is 0. The molecule has 0 amide bonds. The lowest BCUT2D eigenvalue weighted by Gasteiger charge is -2.27. The van der Waals surface area contributed by atoms with E-state index in [0.717, 1.165) is 17.0 Å². The smallest absolute Gasteiger partial charge is 0.170 e. The van der Waals surface area contributed by atoms with Gasteiger partial charge < -0.3 is 20.3 Å². The van der Waals surface area contributed by atoms with E-state index in [9.17, 15) is 0 Å². The number of aryl methyl sites for hydroxylation is 2. The summed E-state index contributed by atoms with van der Waals surface area (Å²) in [6.45, 7) is 4.88. The van der Waals surface area contributed by atoms with Crippen LogP contribution in [-0.4, -0.2) is 37.8 Å². The average Bonchev–Trinajstić information content (AvgIpc) is 2.58. The summed E-state index contributed by atoms with van der Waals surface area (Å²) >= 11 is 5.46.